The minimum Gasteiger partial charge on any atom is -0.390 e. The van der Waals surface area contributed by atoms with Crippen molar-refractivity contribution < 1.29 is 13.9 Å². The van der Waals surface area contributed by atoms with Crippen molar-refractivity contribution in [3.8, 4) is 0 Å². The Morgan fingerprint density at radius 1 is 1.41 bits per heavy atom. The lowest BCUT2D eigenvalue weighted by Crippen LogP contribution is -2.31. The monoisotopic (exact) mass is 241 g/mol. The number of halogens is 2. The average molecular weight is 241 g/mol. The molecule has 1 aromatic carbocycles. The fourth-order valence-electron chi connectivity index (χ4n) is 1.57. The summed E-state index contributed by atoms with van der Waals surface area (Å²) in [6.45, 7) is -1.81. The summed E-state index contributed by atoms with van der Waals surface area (Å²) >= 11 is 0. The van der Waals surface area contributed by atoms with Crippen LogP contribution in [0.2, 0.25) is 0 Å². The van der Waals surface area contributed by atoms with E-state index in [0.29, 0.717) is 5.95 Å². The van der Waals surface area contributed by atoms with E-state index in [1.54, 1.807) is 11.6 Å². The van der Waals surface area contributed by atoms with Crippen molar-refractivity contribution in [1.82, 2.24) is 9.55 Å². The molecule has 4 nitrogen and oxygen atoms in total. The first kappa shape index (κ1) is 11.8. The molecule has 2 aromatic rings. The molecule has 0 unspecified atom stereocenters. The number of imidazole rings is 1. The normalized spacial score (nSPS) is 12.0. The summed E-state index contributed by atoms with van der Waals surface area (Å²) in [5.74, 6) is -2.78. The maximum absolute atomic E-state index is 12.9. The van der Waals surface area contributed by atoms with Crippen LogP contribution in [0.1, 0.15) is 0 Å². The van der Waals surface area contributed by atoms with Crippen LogP contribution in [-0.4, -0.2) is 33.7 Å². The Labute approximate surface area is 96.9 Å². The number of hydrogen-bond donors (Lipinski definition) is 2. The summed E-state index contributed by atoms with van der Waals surface area (Å²) in [6.07, 6.45) is 0. The first-order valence-electron chi connectivity index (χ1n) is 5.17. The number of alkyl halides is 2. The van der Waals surface area contributed by atoms with Crippen molar-refractivity contribution in [2.75, 3.05) is 18.5 Å². The van der Waals surface area contributed by atoms with Crippen molar-refractivity contribution in [3.05, 3.63) is 24.3 Å². The molecule has 0 aliphatic carbocycles. The van der Waals surface area contributed by atoms with Crippen molar-refractivity contribution in [3.63, 3.8) is 0 Å². The van der Waals surface area contributed by atoms with Gasteiger partial charge in [-0.3, -0.25) is 0 Å². The molecular weight excluding hydrogens is 228 g/mol. The van der Waals surface area contributed by atoms with Gasteiger partial charge in [-0.1, -0.05) is 12.1 Å². The Bertz CT molecular complexity index is 524. The summed E-state index contributed by atoms with van der Waals surface area (Å²) in [7, 11) is 1.74. The van der Waals surface area contributed by atoms with E-state index in [0.717, 1.165) is 11.0 Å². The van der Waals surface area contributed by atoms with Gasteiger partial charge in [0.1, 0.15) is 6.61 Å². The van der Waals surface area contributed by atoms with E-state index < -0.39 is 19.1 Å². The van der Waals surface area contributed by atoms with Crippen LogP contribution in [-0.2, 0) is 7.05 Å². The first-order valence-corrected chi connectivity index (χ1v) is 5.17. The smallest absolute Gasteiger partial charge is 0.287 e. The molecule has 0 bridgehead atoms. The van der Waals surface area contributed by atoms with Crippen molar-refractivity contribution in [1.29, 1.82) is 0 Å². The lowest BCUT2D eigenvalue weighted by atomic mass is 10.3. The molecule has 1 aromatic heterocycles. The van der Waals surface area contributed by atoms with Gasteiger partial charge in [-0.05, 0) is 12.1 Å². The largest absolute Gasteiger partial charge is 0.390 e. The van der Waals surface area contributed by atoms with Crippen LogP contribution in [0.5, 0.6) is 0 Å². The zero-order valence-corrected chi connectivity index (χ0v) is 9.32. The molecule has 17 heavy (non-hydrogen) atoms. The second-order valence-electron chi connectivity index (χ2n) is 3.85. The number of aryl methyl sites for hydroxylation is 1. The molecule has 2 rings (SSSR count). The van der Waals surface area contributed by atoms with Crippen molar-refractivity contribution in [2.45, 2.75) is 5.92 Å². The van der Waals surface area contributed by atoms with Crippen LogP contribution in [0, 0.1) is 0 Å². The van der Waals surface area contributed by atoms with Gasteiger partial charge < -0.3 is 15.0 Å². The second kappa shape index (κ2) is 4.29. The lowest BCUT2D eigenvalue weighted by Gasteiger charge is -2.14. The summed E-state index contributed by atoms with van der Waals surface area (Å²) in [5, 5.41) is 11.0. The van der Waals surface area contributed by atoms with Gasteiger partial charge in [-0.25, -0.2) is 13.8 Å². The van der Waals surface area contributed by atoms with Gasteiger partial charge in [0.2, 0.25) is 5.95 Å². The Balaban J connectivity index is 2.22. The number of aliphatic hydroxyl groups is 1. The number of anilines is 1. The molecule has 0 saturated carbocycles. The van der Waals surface area contributed by atoms with Gasteiger partial charge in [0.05, 0.1) is 17.6 Å². The molecule has 6 heteroatoms. The third-order valence-electron chi connectivity index (χ3n) is 2.52. The molecule has 0 saturated heterocycles. The number of aromatic nitrogens is 2. The van der Waals surface area contributed by atoms with E-state index in [4.69, 9.17) is 5.11 Å². The highest BCUT2D eigenvalue weighted by molar-refractivity contribution is 5.78. The van der Waals surface area contributed by atoms with Crippen LogP contribution in [0.4, 0.5) is 14.7 Å². The Kier molecular flexibility index (Phi) is 2.97. The van der Waals surface area contributed by atoms with Crippen LogP contribution in [0.15, 0.2) is 24.3 Å². The maximum atomic E-state index is 12.9. The molecule has 0 aliphatic heterocycles. The molecule has 1 heterocycles. The minimum absolute atomic E-state index is 0.360. The number of para-hydroxylation sites is 2. The van der Waals surface area contributed by atoms with Gasteiger partial charge in [-0.2, -0.15) is 0 Å². The second-order valence-corrected chi connectivity index (χ2v) is 3.85. The predicted molar refractivity (Wildman–Crippen MR) is 61.2 cm³/mol. The zero-order chi connectivity index (χ0) is 12.5. The molecule has 0 radical (unpaired) electrons. The van der Waals surface area contributed by atoms with Crippen LogP contribution < -0.4 is 5.32 Å². The standard InChI is InChI=1S/C11H13F2N3O/c1-16-9-5-3-2-4-8(9)15-10(16)14-6-11(12,13)7-17/h2-5,17H,6-7H2,1H3,(H,14,15). The van der Waals surface area contributed by atoms with Crippen molar-refractivity contribution in [2.24, 2.45) is 7.05 Å². The Morgan fingerprint density at radius 2 is 2.12 bits per heavy atom. The lowest BCUT2D eigenvalue weighted by molar-refractivity contribution is -0.0374. The predicted octanol–water partition coefficient (Wildman–Crippen LogP) is 1.61. The van der Waals surface area contributed by atoms with Gasteiger partial charge in [0.15, 0.2) is 0 Å². The average Bonchev–Trinajstić information content (AvgIpc) is 2.65. The maximum Gasteiger partial charge on any atom is 0.287 e. The third-order valence-corrected chi connectivity index (χ3v) is 2.52. The molecule has 0 spiro atoms. The molecule has 0 aliphatic rings. The fraction of sp³-hybridized carbons (Fsp3) is 0.364. The summed E-state index contributed by atoms with van der Waals surface area (Å²) in [6, 6.07) is 7.36. The van der Waals surface area contributed by atoms with Crippen LogP contribution in [0.25, 0.3) is 11.0 Å². The van der Waals surface area contributed by atoms with Gasteiger partial charge in [0.25, 0.3) is 5.92 Å². The van der Waals surface area contributed by atoms with Gasteiger partial charge in [-0.15, -0.1) is 0 Å². The van der Waals surface area contributed by atoms with Gasteiger partial charge >= 0.3 is 0 Å². The van der Waals surface area contributed by atoms with E-state index in [2.05, 4.69) is 10.3 Å². The molecular formula is C11H13F2N3O. The number of nitrogens with zero attached hydrogens (tertiary/aromatic N) is 2. The molecule has 0 atom stereocenters. The molecule has 2 N–H and O–H groups in total. The number of fused-ring (bicyclic) bond motifs is 1. The third kappa shape index (κ3) is 2.36. The number of rotatable bonds is 4. The number of hydrogen-bond acceptors (Lipinski definition) is 3. The molecule has 0 amide bonds. The highest BCUT2D eigenvalue weighted by Crippen LogP contribution is 2.19. The summed E-state index contributed by atoms with van der Waals surface area (Å²) in [5.41, 5.74) is 1.60. The van der Waals surface area contributed by atoms with E-state index in [1.807, 2.05) is 24.3 Å². The van der Waals surface area contributed by atoms with E-state index in [9.17, 15) is 8.78 Å². The minimum atomic E-state index is -3.14. The topological polar surface area (TPSA) is 50.1 Å². The van der Waals surface area contributed by atoms with E-state index in [-0.39, 0.29) is 0 Å². The summed E-state index contributed by atoms with van der Waals surface area (Å²) < 4.78 is 27.4. The molecule has 0 fully saturated rings. The number of aliphatic hydroxyl groups excluding tert-OH is 1. The quantitative estimate of drug-likeness (QED) is 0.855. The zero-order valence-electron chi connectivity index (χ0n) is 9.32. The van der Waals surface area contributed by atoms with Crippen LogP contribution >= 0.6 is 0 Å². The fourth-order valence-corrected chi connectivity index (χ4v) is 1.57. The summed E-state index contributed by atoms with van der Waals surface area (Å²) in [4.78, 5) is 4.19. The number of benzene rings is 1. The van der Waals surface area contributed by atoms with Gasteiger partial charge in [0, 0.05) is 7.05 Å². The van der Waals surface area contributed by atoms with Crippen molar-refractivity contribution >= 4 is 17.0 Å². The molecule has 92 valence electrons. The van der Waals surface area contributed by atoms with Crippen LogP contribution in [0.3, 0.4) is 0 Å². The Hall–Kier alpha value is -1.69. The van der Waals surface area contributed by atoms with E-state index in [1.165, 1.54) is 0 Å². The highest BCUT2D eigenvalue weighted by atomic mass is 19.3. The number of nitrogens with one attached hydrogen (secondary N) is 1. The Morgan fingerprint density at radius 3 is 2.76 bits per heavy atom. The van der Waals surface area contributed by atoms with E-state index >= 15 is 0 Å². The SMILES string of the molecule is Cn1c(NCC(F)(F)CO)nc2ccccc21. The highest BCUT2D eigenvalue weighted by Gasteiger charge is 2.27. The first-order chi connectivity index (χ1) is 8.03.